The third kappa shape index (κ3) is 2.65. The fraction of sp³-hybridized carbons (Fsp3) is 0.750. The van der Waals surface area contributed by atoms with Gasteiger partial charge in [-0.3, -0.25) is 9.89 Å². The summed E-state index contributed by atoms with van der Waals surface area (Å²) in [6.07, 6.45) is 3.37. The first kappa shape index (κ1) is 12.1. The van der Waals surface area contributed by atoms with Crippen LogP contribution in [0.2, 0.25) is 0 Å². The molecule has 2 rings (SSSR count). The number of aryl methyl sites for hydroxylation is 1. The number of carbonyl (C=O) groups is 1. The van der Waals surface area contributed by atoms with Gasteiger partial charge in [-0.25, -0.2) is 4.98 Å². The number of rotatable bonds is 3. The second-order valence-corrected chi connectivity index (χ2v) is 5.05. The Kier molecular flexibility index (Phi) is 3.45. The fourth-order valence-corrected chi connectivity index (χ4v) is 2.55. The van der Waals surface area contributed by atoms with E-state index in [2.05, 4.69) is 22.1 Å². The van der Waals surface area contributed by atoms with E-state index < -0.39 is 0 Å². The summed E-state index contributed by atoms with van der Waals surface area (Å²) >= 11 is 0. The van der Waals surface area contributed by atoms with Crippen LogP contribution in [0.3, 0.4) is 0 Å². The maximum atomic E-state index is 12.2. The molecule has 94 valence electrons. The molecule has 0 bridgehead atoms. The van der Waals surface area contributed by atoms with Gasteiger partial charge in [0.05, 0.1) is 6.54 Å². The highest BCUT2D eigenvalue weighted by Gasteiger charge is 2.31. The van der Waals surface area contributed by atoms with E-state index in [1.807, 2.05) is 14.0 Å². The monoisotopic (exact) mass is 236 g/mol. The SMILES string of the molecule is Cc1nc(CN(C)C(=O)C2CCCC2C)n[nH]1. The van der Waals surface area contributed by atoms with Gasteiger partial charge >= 0.3 is 0 Å². The fourth-order valence-electron chi connectivity index (χ4n) is 2.55. The van der Waals surface area contributed by atoms with Gasteiger partial charge in [0.1, 0.15) is 5.82 Å². The molecular formula is C12H20N4O. The van der Waals surface area contributed by atoms with E-state index >= 15 is 0 Å². The third-order valence-corrected chi connectivity index (χ3v) is 3.58. The van der Waals surface area contributed by atoms with Crippen LogP contribution in [0.15, 0.2) is 0 Å². The summed E-state index contributed by atoms with van der Waals surface area (Å²) in [4.78, 5) is 18.2. The average Bonchev–Trinajstić information content (AvgIpc) is 2.86. The Balaban J connectivity index is 1.95. The molecular weight excluding hydrogens is 216 g/mol. The lowest BCUT2D eigenvalue weighted by atomic mass is 9.97. The summed E-state index contributed by atoms with van der Waals surface area (Å²) in [5.74, 6) is 2.41. The van der Waals surface area contributed by atoms with Crippen LogP contribution in [-0.2, 0) is 11.3 Å². The Bertz CT molecular complexity index is 401. The Labute approximate surface area is 102 Å². The number of H-pyrrole nitrogens is 1. The lowest BCUT2D eigenvalue weighted by Crippen LogP contribution is -2.33. The molecule has 2 atom stereocenters. The first-order valence-corrected chi connectivity index (χ1v) is 6.21. The van der Waals surface area contributed by atoms with Gasteiger partial charge in [0.2, 0.25) is 5.91 Å². The normalized spacial score (nSPS) is 23.9. The summed E-state index contributed by atoms with van der Waals surface area (Å²) in [5.41, 5.74) is 0. The molecule has 1 amide bonds. The Morgan fingerprint density at radius 1 is 1.53 bits per heavy atom. The summed E-state index contributed by atoms with van der Waals surface area (Å²) < 4.78 is 0. The van der Waals surface area contributed by atoms with E-state index in [1.54, 1.807) is 4.90 Å². The smallest absolute Gasteiger partial charge is 0.226 e. The molecule has 0 aliphatic heterocycles. The van der Waals surface area contributed by atoms with Crippen molar-refractivity contribution in [3.63, 3.8) is 0 Å². The standard InChI is InChI=1S/C12H20N4O/c1-8-5-4-6-10(8)12(17)16(3)7-11-13-9(2)14-15-11/h8,10H,4-7H2,1-3H3,(H,13,14,15). The molecule has 2 unspecified atom stereocenters. The van der Waals surface area contributed by atoms with E-state index in [0.29, 0.717) is 18.3 Å². The zero-order valence-electron chi connectivity index (χ0n) is 10.7. The van der Waals surface area contributed by atoms with Crippen molar-refractivity contribution in [2.24, 2.45) is 11.8 Å². The topological polar surface area (TPSA) is 61.9 Å². The Morgan fingerprint density at radius 3 is 2.82 bits per heavy atom. The van der Waals surface area contributed by atoms with Crippen molar-refractivity contribution in [1.29, 1.82) is 0 Å². The van der Waals surface area contributed by atoms with Crippen LogP contribution in [0.5, 0.6) is 0 Å². The molecule has 1 aliphatic rings. The molecule has 0 spiro atoms. The van der Waals surface area contributed by atoms with Gasteiger partial charge in [-0.2, -0.15) is 5.10 Å². The van der Waals surface area contributed by atoms with E-state index in [9.17, 15) is 4.79 Å². The van der Waals surface area contributed by atoms with Gasteiger partial charge in [0.25, 0.3) is 0 Å². The number of hydrogen-bond acceptors (Lipinski definition) is 3. The molecule has 5 heteroatoms. The molecule has 5 nitrogen and oxygen atoms in total. The van der Waals surface area contributed by atoms with Crippen molar-refractivity contribution in [2.75, 3.05) is 7.05 Å². The van der Waals surface area contributed by atoms with Crippen LogP contribution >= 0.6 is 0 Å². The highest BCUT2D eigenvalue weighted by atomic mass is 16.2. The minimum absolute atomic E-state index is 0.194. The molecule has 0 radical (unpaired) electrons. The molecule has 1 aromatic rings. The lowest BCUT2D eigenvalue weighted by Gasteiger charge is -2.22. The molecule has 1 N–H and O–H groups in total. The predicted octanol–water partition coefficient (Wildman–Crippen LogP) is 1.51. The van der Waals surface area contributed by atoms with Crippen LogP contribution in [0.25, 0.3) is 0 Å². The summed E-state index contributed by atoms with van der Waals surface area (Å²) in [5, 5.41) is 6.85. The van der Waals surface area contributed by atoms with E-state index in [-0.39, 0.29) is 11.8 Å². The maximum Gasteiger partial charge on any atom is 0.226 e. The maximum absolute atomic E-state index is 12.2. The number of hydrogen-bond donors (Lipinski definition) is 1. The second-order valence-electron chi connectivity index (χ2n) is 5.05. The van der Waals surface area contributed by atoms with Crippen molar-refractivity contribution >= 4 is 5.91 Å². The van der Waals surface area contributed by atoms with Crippen molar-refractivity contribution < 1.29 is 4.79 Å². The van der Waals surface area contributed by atoms with E-state index in [4.69, 9.17) is 0 Å². The van der Waals surface area contributed by atoms with Gasteiger partial charge in [-0.15, -0.1) is 0 Å². The van der Waals surface area contributed by atoms with Crippen molar-refractivity contribution in [2.45, 2.75) is 39.7 Å². The van der Waals surface area contributed by atoms with E-state index in [1.165, 1.54) is 12.8 Å². The van der Waals surface area contributed by atoms with Gasteiger partial charge in [0.15, 0.2) is 5.82 Å². The Hall–Kier alpha value is -1.39. The van der Waals surface area contributed by atoms with Crippen LogP contribution in [0.1, 0.15) is 37.8 Å². The molecule has 1 saturated carbocycles. The highest BCUT2D eigenvalue weighted by Crippen LogP contribution is 2.32. The summed E-state index contributed by atoms with van der Waals surface area (Å²) in [6.45, 7) is 4.52. The van der Waals surface area contributed by atoms with Gasteiger partial charge < -0.3 is 4.90 Å². The van der Waals surface area contributed by atoms with Crippen molar-refractivity contribution in [3.05, 3.63) is 11.6 Å². The van der Waals surface area contributed by atoms with E-state index in [0.717, 1.165) is 12.2 Å². The number of aromatic amines is 1. The lowest BCUT2D eigenvalue weighted by molar-refractivity contribution is -0.135. The minimum Gasteiger partial charge on any atom is -0.338 e. The largest absolute Gasteiger partial charge is 0.338 e. The van der Waals surface area contributed by atoms with Gasteiger partial charge in [-0.1, -0.05) is 13.3 Å². The Morgan fingerprint density at radius 2 is 2.29 bits per heavy atom. The minimum atomic E-state index is 0.194. The van der Waals surface area contributed by atoms with Crippen LogP contribution in [-0.4, -0.2) is 33.0 Å². The number of nitrogens with one attached hydrogen (secondary N) is 1. The number of aromatic nitrogens is 3. The van der Waals surface area contributed by atoms with Crippen LogP contribution in [0, 0.1) is 18.8 Å². The highest BCUT2D eigenvalue weighted by molar-refractivity contribution is 5.79. The molecule has 1 aliphatic carbocycles. The summed E-state index contributed by atoms with van der Waals surface area (Å²) in [6, 6.07) is 0. The molecule has 0 saturated heterocycles. The predicted molar refractivity (Wildman–Crippen MR) is 64.1 cm³/mol. The van der Waals surface area contributed by atoms with Crippen molar-refractivity contribution in [3.8, 4) is 0 Å². The molecule has 1 heterocycles. The average molecular weight is 236 g/mol. The zero-order chi connectivity index (χ0) is 12.4. The first-order valence-electron chi connectivity index (χ1n) is 6.21. The van der Waals surface area contributed by atoms with Gasteiger partial charge in [-0.05, 0) is 25.7 Å². The number of carbonyl (C=O) groups excluding carboxylic acids is 1. The van der Waals surface area contributed by atoms with Crippen LogP contribution < -0.4 is 0 Å². The first-order chi connectivity index (χ1) is 8.08. The summed E-state index contributed by atoms with van der Waals surface area (Å²) in [7, 11) is 1.83. The third-order valence-electron chi connectivity index (χ3n) is 3.58. The zero-order valence-corrected chi connectivity index (χ0v) is 10.7. The quantitative estimate of drug-likeness (QED) is 0.865. The molecule has 1 aromatic heterocycles. The molecule has 0 aromatic carbocycles. The molecule has 17 heavy (non-hydrogen) atoms. The van der Waals surface area contributed by atoms with Crippen LogP contribution in [0.4, 0.5) is 0 Å². The van der Waals surface area contributed by atoms with Gasteiger partial charge in [0, 0.05) is 13.0 Å². The van der Waals surface area contributed by atoms with Crippen molar-refractivity contribution in [1.82, 2.24) is 20.1 Å². The second kappa shape index (κ2) is 4.85. The molecule has 1 fully saturated rings. The number of nitrogens with zero attached hydrogens (tertiary/aromatic N) is 3. The number of amides is 1.